The van der Waals surface area contributed by atoms with Gasteiger partial charge in [0.05, 0.1) is 11.4 Å². The Morgan fingerprint density at radius 3 is 2.29 bits per heavy atom. The molecular weight excluding hydrogens is 365 g/mol. The Morgan fingerprint density at radius 2 is 1.71 bits per heavy atom. The van der Waals surface area contributed by atoms with E-state index in [0.29, 0.717) is 15.1 Å². The third-order valence-corrected chi connectivity index (χ3v) is 4.16. The maximum Gasteiger partial charge on any atom is 0.0672 e. The van der Waals surface area contributed by atoms with E-state index in [2.05, 4.69) is 12.2 Å². The van der Waals surface area contributed by atoms with Crippen molar-refractivity contribution < 1.29 is 0 Å². The van der Waals surface area contributed by atoms with E-state index >= 15 is 0 Å². The number of nitrogens with one attached hydrogen (secondary N) is 1. The summed E-state index contributed by atoms with van der Waals surface area (Å²) < 4.78 is 0. The lowest BCUT2D eigenvalue weighted by Gasteiger charge is -2.21. The molecule has 0 atom stereocenters. The molecule has 0 bridgehead atoms. The summed E-state index contributed by atoms with van der Waals surface area (Å²) >= 11 is 18.4. The van der Waals surface area contributed by atoms with Crippen molar-refractivity contribution in [2.75, 3.05) is 23.9 Å². The van der Waals surface area contributed by atoms with Gasteiger partial charge < -0.3 is 5.32 Å². The minimum atomic E-state index is 0.588. The predicted molar refractivity (Wildman–Crippen MR) is 107 cm³/mol. The fourth-order valence-electron chi connectivity index (χ4n) is 2.41. The van der Waals surface area contributed by atoms with E-state index in [1.165, 1.54) is 0 Å². The van der Waals surface area contributed by atoms with Crippen LogP contribution >= 0.6 is 34.8 Å². The Hall–Kier alpha value is -1.42. The van der Waals surface area contributed by atoms with Gasteiger partial charge >= 0.3 is 0 Å². The molecule has 0 aliphatic rings. The Bertz CT molecular complexity index is 724. The number of nitrogens with zero attached hydrogens (tertiary/aromatic N) is 2. The second-order valence-corrected chi connectivity index (χ2v) is 6.69. The number of anilines is 2. The van der Waals surface area contributed by atoms with Crippen LogP contribution in [0.3, 0.4) is 0 Å². The normalized spacial score (nSPS) is 11.5. The second kappa shape index (κ2) is 8.61. The molecule has 2 aromatic rings. The van der Waals surface area contributed by atoms with Crippen LogP contribution in [0.5, 0.6) is 0 Å². The van der Waals surface area contributed by atoms with Gasteiger partial charge in [-0.2, -0.15) is 5.10 Å². The highest BCUT2D eigenvalue weighted by Crippen LogP contribution is 2.27. The Labute approximate surface area is 158 Å². The van der Waals surface area contributed by atoms with Crippen LogP contribution in [0.15, 0.2) is 41.5 Å². The zero-order valence-corrected chi connectivity index (χ0v) is 16.2. The van der Waals surface area contributed by atoms with Crippen LogP contribution in [0.25, 0.3) is 0 Å². The molecule has 0 aromatic heterocycles. The monoisotopic (exact) mass is 383 g/mol. The zero-order chi connectivity index (χ0) is 17.7. The first-order chi connectivity index (χ1) is 11.4. The molecule has 0 saturated carbocycles. The predicted octanol–water partition coefficient (Wildman–Crippen LogP) is 6.33. The van der Waals surface area contributed by atoms with Crippen LogP contribution in [0.4, 0.5) is 11.4 Å². The van der Waals surface area contributed by atoms with Gasteiger partial charge in [0.2, 0.25) is 0 Å². The number of halogens is 3. The molecule has 0 spiro atoms. The standard InChI is InChI=1S/C18H20Cl3N3/c1-4-7-24(16-9-14(20)8-15(21)10-16)23-12(2)17-11-13(19)5-6-18(17)22-3/h5-6,8-11,22H,4,7H2,1-3H3/b23-12+. The molecule has 24 heavy (non-hydrogen) atoms. The number of rotatable bonds is 6. The first-order valence-corrected chi connectivity index (χ1v) is 8.84. The van der Waals surface area contributed by atoms with Crippen molar-refractivity contribution in [1.82, 2.24) is 0 Å². The number of hydrazone groups is 1. The summed E-state index contributed by atoms with van der Waals surface area (Å²) in [6.07, 6.45) is 0.940. The van der Waals surface area contributed by atoms with E-state index in [1.54, 1.807) is 6.07 Å². The van der Waals surface area contributed by atoms with Crippen molar-refractivity contribution >= 4 is 51.9 Å². The van der Waals surface area contributed by atoms with Crippen molar-refractivity contribution in [3.63, 3.8) is 0 Å². The van der Waals surface area contributed by atoms with E-state index in [1.807, 2.05) is 49.3 Å². The first-order valence-electron chi connectivity index (χ1n) is 7.71. The van der Waals surface area contributed by atoms with Gasteiger partial charge in [0.25, 0.3) is 0 Å². The molecule has 2 rings (SSSR count). The summed E-state index contributed by atoms with van der Waals surface area (Å²) in [5.74, 6) is 0. The molecule has 0 amide bonds. The minimum Gasteiger partial charge on any atom is -0.388 e. The topological polar surface area (TPSA) is 27.6 Å². The summed E-state index contributed by atoms with van der Waals surface area (Å²) in [6.45, 7) is 4.81. The lowest BCUT2D eigenvalue weighted by Crippen LogP contribution is -2.20. The quantitative estimate of drug-likeness (QED) is 0.465. The molecule has 0 saturated heterocycles. The largest absolute Gasteiger partial charge is 0.388 e. The van der Waals surface area contributed by atoms with Crippen LogP contribution in [0.2, 0.25) is 15.1 Å². The lowest BCUT2D eigenvalue weighted by atomic mass is 10.1. The van der Waals surface area contributed by atoms with E-state index in [0.717, 1.165) is 35.6 Å². The van der Waals surface area contributed by atoms with Gasteiger partial charge in [-0.15, -0.1) is 0 Å². The third kappa shape index (κ3) is 4.79. The van der Waals surface area contributed by atoms with Gasteiger partial charge in [-0.1, -0.05) is 41.7 Å². The summed E-state index contributed by atoms with van der Waals surface area (Å²) in [6, 6.07) is 11.1. The van der Waals surface area contributed by atoms with Crippen molar-refractivity contribution in [3.8, 4) is 0 Å². The van der Waals surface area contributed by atoms with Crippen molar-refractivity contribution in [1.29, 1.82) is 0 Å². The Balaban J connectivity index is 2.45. The third-order valence-electron chi connectivity index (χ3n) is 3.49. The molecule has 128 valence electrons. The summed E-state index contributed by atoms with van der Waals surface area (Å²) in [4.78, 5) is 0. The van der Waals surface area contributed by atoms with Crippen molar-refractivity contribution in [3.05, 3.63) is 57.0 Å². The van der Waals surface area contributed by atoms with Crippen molar-refractivity contribution in [2.45, 2.75) is 20.3 Å². The van der Waals surface area contributed by atoms with E-state index in [9.17, 15) is 0 Å². The van der Waals surface area contributed by atoms with E-state index in [-0.39, 0.29) is 0 Å². The van der Waals surface area contributed by atoms with Crippen molar-refractivity contribution in [2.24, 2.45) is 5.10 Å². The lowest BCUT2D eigenvalue weighted by molar-refractivity contribution is 0.806. The summed E-state index contributed by atoms with van der Waals surface area (Å²) in [5.41, 5.74) is 3.65. The fraction of sp³-hybridized carbons (Fsp3) is 0.278. The first kappa shape index (κ1) is 18.9. The molecule has 6 heteroatoms. The van der Waals surface area contributed by atoms with Crippen LogP contribution in [-0.2, 0) is 0 Å². The maximum absolute atomic E-state index is 6.14. The molecular formula is C18H20Cl3N3. The molecule has 0 heterocycles. The Kier molecular flexibility index (Phi) is 6.79. The average molecular weight is 385 g/mol. The highest BCUT2D eigenvalue weighted by atomic mass is 35.5. The molecule has 3 nitrogen and oxygen atoms in total. The molecule has 0 aliphatic carbocycles. The van der Waals surface area contributed by atoms with E-state index < -0.39 is 0 Å². The van der Waals surface area contributed by atoms with Gasteiger partial charge in [-0.3, -0.25) is 5.01 Å². The highest BCUT2D eigenvalue weighted by molar-refractivity contribution is 6.35. The van der Waals surface area contributed by atoms with Gasteiger partial charge in [-0.05, 0) is 49.7 Å². The van der Waals surface area contributed by atoms with Crippen LogP contribution in [0.1, 0.15) is 25.8 Å². The Morgan fingerprint density at radius 1 is 1.04 bits per heavy atom. The van der Waals surface area contributed by atoms with Crippen LogP contribution in [-0.4, -0.2) is 19.3 Å². The zero-order valence-electron chi connectivity index (χ0n) is 13.9. The smallest absolute Gasteiger partial charge is 0.0672 e. The molecule has 1 N–H and O–H groups in total. The molecule has 2 aromatic carbocycles. The van der Waals surface area contributed by atoms with Gasteiger partial charge in [-0.25, -0.2) is 0 Å². The van der Waals surface area contributed by atoms with Gasteiger partial charge in [0.15, 0.2) is 0 Å². The molecule has 0 unspecified atom stereocenters. The molecule has 0 fully saturated rings. The minimum absolute atomic E-state index is 0.588. The number of hydrogen-bond donors (Lipinski definition) is 1. The highest BCUT2D eigenvalue weighted by Gasteiger charge is 2.11. The van der Waals surface area contributed by atoms with Gasteiger partial charge in [0.1, 0.15) is 0 Å². The average Bonchev–Trinajstić information content (AvgIpc) is 2.53. The maximum atomic E-state index is 6.14. The molecule has 0 radical (unpaired) electrons. The number of hydrogen-bond acceptors (Lipinski definition) is 3. The van der Waals surface area contributed by atoms with Crippen LogP contribution in [0, 0.1) is 0 Å². The van der Waals surface area contributed by atoms with E-state index in [4.69, 9.17) is 39.9 Å². The van der Waals surface area contributed by atoms with Crippen LogP contribution < -0.4 is 10.3 Å². The van der Waals surface area contributed by atoms with Gasteiger partial charge in [0, 0.05) is 39.9 Å². The molecule has 0 aliphatic heterocycles. The number of benzene rings is 2. The summed E-state index contributed by atoms with van der Waals surface area (Å²) in [7, 11) is 1.88. The summed E-state index contributed by atoms with van der Waals surface area (Å²) in [5, 5.41) is 11.7. The second-order valence-electron chi connectivity index (χ2n) is 5.38. The fourth-order valence-corrected chi connectivity index (χ4v) is 3.09. The SMILES string of the molecule is CCCN(/N=C(\C)c1cc(Cl)ccc1NC)c1cc(Cl)cc(Cl)c1.